The zero-order valence-electron chi connectivity index (χ0n) is 28.3. The van der Waals surface area contributed by atoms with Crippen molar-refractivity contribution in [2.24, 2.45) is 23.7 Å². The van der Waals surface area contributed by atoms with Gasteiger partial charge in [0, 0.05) is 68.8 Å². The van der Waals surface area contributed by atoms with Gasteiger partial charge in [-0.1, -0.05) is 20.8 Å². The molecule has 0 saturated carbocycles. The molecule has 3 aliphatic heterocycles. The maximum absolute atomic E-state index is 13.4. The third-order valence-corrected chi connectivity index (χ3v) is 10.9. The van der Waals surface area contributed by atoms with Crippen molar-refractivity contribution in [1.29, 1.82) is 0 Å². The lowest BCUT2D eigenvalue weighted by molar-refractivity contribution is -0.146. The van der Waals surface area contributed by atoms with Gasteiger partial charge in [0.15, 0.2) is 0 Å². The summed E-state index contributed by atoms with van der Waals surface area (Å²) in [6.07, 6.45) is 8.25. The van der Waals surface area contributed by atoms with Crippen molar-refractivity contribution in [3.8, 4) is 0 Å². The first-order chi connectivity index (χ1) is 22.0. The second-order valence-electron chi connectivity index (χ2n) is 13.2. The molecule has 246 valence electrons. The first kappa shape index (κ1) is 32.0. The van der Waals surface area contributed by atoms with Crippen LogP contribution in [0.15, 0.2) is 28.7 Å². The summed E-state index contributed by atoms with van der Waals surface area (Å²) in [5.41, 5.74) is 10.7. The van der Waals surface area contributed by atoms with Gasteiger partial charge in [-0.25, -0.2) is 0 Å². The molecule has 0 amide bonds. The first-order valence-electron chi connectivity index (χ1n) is 16.8. The number of hydrogen-bond acceptors (Lipinski definition) is 7. The molecule has 0 radical (unpaired) electrons. The van der Waals surface area contributed by atoms with Crippen molar-refractivity contribution < 1.29 is 24.2 Å². The largest absolute Gasteiger partial charge is 0.468 e. The van der Waals surface area contributed by atoms with Crippen LogP contribution in [0.4, 0.5) is 0 Å². The topological polar surface area (TPSA) is 128 Å². The van der Waals surface area contributed by atoms with Crippen LogP contribution < -0.4 is 21.3 Å². The number of fused-ring (bicyclic) bond motifs is 7. The van der Waals surface area contributed by atoms with Gasteiger partial charge < -0.3 is 35.2 Å². The second kappa shape index (κ2) is 12.3. The van der Waals surface area contributed by atoms with Crippen molar-refractivity contribution in [3.63, 3.8) is 0 Å². The summed E-state index contributed by atoms with van der Waals surface area (Å²) in [5.74, 6) is -1.41. The molecule has 2 aromatic rings. The summed E-state index contributed by atoms with van der Waals surface area (Å²) in [7, 11) is 1.36. The number of H-pyrrole nitrogens is 2. The van der Waals surface area contributed by atoms with Crippen LogP contribution in [0, 0.1) is 37.5 Å². The number of rotatable bonds is 7. The minimum atomic E-state index is -1.08. The zero-order chi connectivity index (χ0) is 33.0. The number of methoxy groups -OCH3 is 1. The SMILES string of the molecule is CCOC(=O)CC[C@@H]1/C2=C3/c4[nH]c(c(C)c4[C@@H](O)[C@@H]3C(=O)OC)/C=c3\[nH]/c(c(C)c3CC)=C\C3NC(=C(C)[C@@H]3CC)/C=C(\N2)[C@H]1C. The number of aromatic amines is 2. The van der Waals surface area contributed by atoms with Gasteiger partial charge in [0.2, 0.25) is 0 Å². The molecule has 4 aliphatic rings. The van der Waals surface area contributed by atoms with E-state index >= 15 is 0 Å². The Labute approximate surface area is 270 Å². The average molecular weight is 629 g/mol. The average Bonchev–Trinajstić information content (AvgIpc) is 3.77. The highest BCUT2D eigenvalue weighted by Crippen LogP contribution is 2.52. The highest BCUT2D eigenvalue weighted by atomic mass is 16.5. The lowest BCUT2D eigenvalue weighted by atomic mass is 9.84. The van der Waals surface area contributed by atoms with E-state index in [1.165, 1.54) is 23.8 Å². The van der Waals surface area contributed by atoms with E-state index in [-0.39, 0.29) is 30.3 Å². The van der Waals surface area contributed by atoms with Crippen molar-refractivity contribution in [2.45, 2.75) is 86.3 Å². The van der Waals surface area contributed by atoms with Crippen LogP contribution >= 0.6 is 0 Å². The van der Waals surface area contributed by atoms with Crippen LogP contribution in [-0.2, 0) is 25.5 Å². The number of esters is 2. The number of aliphatic hydroxyl groups excluding tert-OH is 1. The molecule has 8 bridgehead atoms. The Hall–Kier alpha value is -3.98. The van der Waals surface area contributed by atoms with Gasteiger partial charge in [-0.3, -0.25) is 9.59 Å². The van der Waals surface area contributed by atoms with Gasteiger partial charge in [0.05, 0.1) is 31.6 Å². The highest BCUT2D eigenvalue weighted by molar-refractivity contribution is 5.95. The minimum Gasteiger partial charge on any atom is -0.468 e. The molecule has 0 aromatic carbocycles. The number of allylic oxidation sites excluding steroid dienone is 3. The molecular formula is C37H48N4O5. The molecular weight excluding hydrogens is 580 g/mol. The quantitative estimate of drug-likeness (QED) is 0.293. The molecule has 0 spiro atoms. The Morgan fingerprint density at radius 1 is 1.00 bits per heavy atom. The Balaban J connectivity index is 1.65. The fourth-order valence-electron chi connectivity index (χ4n) is 8.32. The van der Waals surface area contributed by atoms with Crippen LogP contribution in [0.1, 0.15) is 93.6 Å². The molecule has 1 unspecified atom stereocenters. The monoisotopic (exact) mass is 628 g/mol. The predicted molar refractivity (Wildman–Crippen MR) is 178 cm³/mol. The summed E-state index contributed by atoms with van der Waals surface area (Å²) in [6, 6.07) is 0.129. The number of hydrogen-bond donors (Lipinski definition) is 5. The van der Waals surface area contributed by atoms with Crippen LogP contribution in [0.3, 0.4) is 0 Å². The van der Waals surface area contributed by atoms with E-state index in [0.717, 1.165) is 57.6 Å². The molecule has 2 aromatic heterocycles. The van der Waals surface area contributed by atoms with Crippen molar-refractivity contribution >= 4 is 29.7 Å². The lowest BCUT2D eigenvalue weighted by Gasteiger charge is -2.21. The smallest absolute Gasteiger partial charge is 0.316 e. The molecule has 6 rings (SSSR count). The molecule has 9 heteroatoms. The van der Waals surface area contributed by atoms with E-state index in [1.807, 2.05) is 13.8 Å². The molecule has 46 heavy (non-hydrogen) atoms. The maximum atomic E-state index is 13.4. The standard InChI is InChI=1S/C37H48N4O5/c1-9-21-17(4)24-14-26-19(6)23(12-13-30(42)46-11-3)34(40-26)32-33(37(44)45-8)36(43)31-20(7)27(41-35(31)32)16-29-22(10-2)18(5)25(39-29)15-28(21)38-24/h14-16,19,21,23,28,33,36,38-41,43H,9-13H2,1-8H3/b25-15-,26-14-,29-16-,34-32-/t19-,21-,23-,28?,33+,36+/m0/s1. The third-order valence-electron chi connectivity index (χ3n) is 10.9. The molecule has 1 aliphatic carbocycles. The van der Waals surface area contributed by atoms with Gasteiger partial charge in [-0.05, 0) is 87.4 Å². The van der Waals surface area contributed by atoms with Crippen LogP contribution in [0.5, 0.6) is 0 Å². The van der Waals surface area contributed by atoms with E-state index in [4.69, 9.17) is 9.47 Å². The Morgan fingerprint density at radius 3 is 2.43 bits per heavy atom. The minimum absolute atomic E-state index is 0.0132. The maximum Gasteiger partial charge on any atom is 0.316 e. The van der Waals surface area contributed by atoms with Gasteiger partial charge in [-0.2, -0.15) is 0 Å². The molecule has 5 N–H and O–H groups in total. The molecule has 6 atom stereocenters. The fraction of sp³-hybridized carbons (Fsp3) is 0.514. The summed E-state index contributed by atoms with van der Waals surface area (Å²) in [4.78, 5) is 33.3. The fourth-order valence-corrected chi connectivity index (χ4v) is 8.32. The molecule has 9 nitrogen and oxygen atoms in total. The second-order valence-corrected chi connectivity index (χ2v) is 13.2. The van der Waals surface area contributed by atoms with E-state index in [0.29, 0.717) is 30.1 Å². The zero-order valence-corrected chi connectivity index (χ0v) is 28.3. The van der Waals surface area contributed by atoms with Crippen molar-refractivity contribution in [3.05, 3.63) is 73.1 Å². The summed E-state index contributed by atoms with van der Waals surface area (Å²) >= 11 is 0. The summed E-state index contributed by atoms with van der Waals surface area (Å²) in [5, 5.41) is 21.5. The Bertz CT molecular complexity index is 1800. The number of carbonyl (C=O) groups is 2. The van der Waals surface area contributed by atoms with Crippen LogP contribution in [0.25, 0.3) is 17.7 Å². The number of aromatic nitrogens is 2. The molecule has 1 fully saturated rings. The van der Waals surface area contributed by atoms with Crippen LogP contribution in [-0.4, -0.2) is 46.8 Å². The lowest BCUT2D eigenvalue weighted by Crippen LogP contribution is -2.29. The predicted octanol–water partition coefficient (Wildman–Crippen LogP) is 4.05. The third kappa shape index (κ3) is 5.03. The number of carbonyl (C=O) groups excluding carboxylic acids is 2. The van der Waals surface area contributed by atoms with Crippen molar-refractivity contribution in [2.75, 3.05) is 13.7 Å². The van der Waals surface area contributed by atoms with E-state index in [1.54, 1.807) is 0 Å². The molecule has 1 saturated heterocycles. The number of ether oxygens (including phenoxy) is 2. The van der Waals surface area contributed by atoms with Crippen molar-refractivity contribution in [1.82, 2.24) is 20.6 Å². The van der Waals surface area contributed by atoms with E-state index in [9.17, 15) is 14.7 Å². The van der Waals surface area contributed by atoms with Gasteiger partial charge in [-0.15, -0.1) is 0 Å². The van der Waals surface area contributed by atoms with Gasteiger partial charge >= 0.3 is 11.9 Å². The summed E-state index contributed by atoms with van der Waals surface area (Å²) < 4.78 is 10.6. The first-order valence-corrected chi connectivity index (χ1v) is 16.8. The van der Waals surface area contributed by atoms with E-state index < -0.39 is 18.0 Å². The Kier molecular flexibility index (Phi) is 8.57. The number of nitrogens with one attached hydrogen (secondary N) is 4. The highest BCUT2D eigenvalue weighted by Gasteiger charge is 2.48. The van der Waals surface area contributed by atoms with Gasteiger partial charge in [0.25, 0.3) is 0 Å². The molecule has 5 heterocycles. The normalized spacial score (nSPS) is 30.5. The Morgan fingerprint density at radius 2 is 1.76 bits per heavy atom. The number of aliphatic hydroxyl groups is 1. The summed E-state index contributed by atoms with van der Waals surface area (Å²) in [6.45, 7) is 15.1. The van der Waals surface area contributed by atoms with E-state index in [2.05, 4.69) is 73.4 Å². The van der Waals surface area contributed by atoms with Crippen LogP contribution in [0.2, 0.25) is 0 Å². The van der Waals surface area contributed by atoms with Gasteiger partial charge in [0.1, 0.15) is 5.92 Å².